The number of nitrogens with one attached hydrogen (secondary N) is 1. The third-order valence-corrected chi connectivity index (χ3v) is 13.0. The van der Waals surface area contributed by atoms with Crippen molar-refractivity contribution in [3.63, 3.8) is 0 Å². The van der Waals surface area contributed by atoms with Gasteiger partial charge in [-0.25, -0.2) is 0 Å². The van der Waals surface area contributed by atoms with E-state index in [4.69, 9.17) is 9.47 Å². The maximum Gasteiger partial charge on any atom is 0.249 e. The van der Waals surface area contributed by atoms with E-state index in [1.54, 1.807) is 0 Å². The van der Waals surface area contributed by atoms with Crippen molar-refractivity contribution in [1.29, 1.82) is 0 Å². The van der Waals surface area contributed by atoms with Crippen molar-refractivity contribution in [1.82, 2.24) is 5.32 Å². The number of aliphatic hydroxyl groups is 7. The number of unbranched alkanes of at least 4 members (excludes halogenated alkanes) is 23. The largest absolute Gasteiger partial charge is 0.394 e. The first-order valence-corrected chi connectivity index (χ1v) is 25.1. The summed E-state index contributed by atoms with van der Waals surface area (Å²) < 4.78 is 11.1. The first kappa shape index (κ1) is 55.0. The molecule has 1 heterocycles. The molecule has 8 N–H and O–H groups in total. The highest BCUT2D eigenvalue weighted by Crippen LogP contribution is 2.45. The van der Waals surface area contributed by atoms with E-state index in [-0.39, 0.29) is 12.8 Å². The lowest BCUT2D eigenvalue weighted by Gasteiger charge is -2.40. The number of hydrogen-bond acceptors (Lipinski definition) is 10. The maximum absolute atomic E-state index is 13.1. The maximum atomic E-state index is 13.1. The van der Waals surface area contributed by atoms with E-state index in [0.29, 0.717) is 6.42 Å². The number of amides is 1. The molecule has 0 spiro atoms. The molecule has 0 aromatic rings. The minimum atomic E-state index is -1.67. The van der Waals surface area contributed by atoms with Crippen molar-refractivity contribution in [2.75, 3.05) is 13.2 Å². The summed E-state index contributed by atoms with van der Waals surface area (Å²) in [6, 6.07) is -1.19. The van der Waals surface area contributed by atoms with Gasteiger partial charge in [-0.3, -0.25) is 4.79 Å². The lowest BCUT2D eigenvalue weighted by atomic mass is 9.99. The van der Waals surface area contributed by atoms with E-state index >= 15 is 0 Å². The Morgan fingerprint density at radius 2 is 1.15 bits per heavy atom. The van der Waals surface area contributed by atoms with Gasteiger partial charge in [-0.15, -0.1) is 0 Å². The van der Waals surface area contributed by atoms with Gasteiger partial charge in [-0.2, -0.15) is 0 Å². The van der Waals surface area contributed by atoms with Crippen LogP contribution in [0.4, 0.5) is 0 Å². The molecule has 1 saturated heterocycles. The second kappa shape index (κ2) is 35.2. The molecule has 11 atom stereocenters. The summed E-state index contributed by atoms with van der Waals surface area (Å²) in [6.07, 6.45) is 29.1. The molecule has 0 aromatic heterocycles. The van der Waals surface area contributed by atoms with Crippen LogP contribution in [0.5, 0.6) is 0 Å². The normalized spacial score (nSPS) is 25.1. The minimum absolute atomic E-state index is 0.136. The van der Waals surface area contributed by atoms with Crippen LogP contribution in [0.3, 0.4) is 0 Å². The molecule has 11 heteroatoms. The molecule has 0 radical (unpaired) electrons. The zero-order valence-electron chi connectivity index (χ0n) is 38.2. The number of aliphatic hydroxyl groups excluding tert-OH is 7. The zero-order valence-corrected chi connectivity index (χ0v) is 38.2. The lowest BCUT2D eigenvalue weighted by molar-refractivity contribution is -0.303. The van der Waals surface area contributed by atoms with Gasteiger partial charge in [-0.1, -0.05) is 193 Å². The van der Waals surface area contributed by atoms with Crippen LogP contribution in [0.15, 0.2) is 12.2 Å². The molecule has 0 bridgehead atoms. The van der Waals surface area contributed by atoms with Crippen LogP contribution in [0, 0.1) is 11.8 Å². The molecule has 1 saturated carbocycles. The predicted molar refractivity (Wildman–Crippen MR) is 240 cm³/mol. The Kier molecular flexibility index (Phi) is 32.3. The van der Waals surface area contributed by atoms with Gasteiger partial charge >= 0.3 is 0 Å². The summed E-state index contributed by atoms with van der Waals surface area (Å²) in [4.78, 5) is 13.1. The topological polar surface area (TPSA) is 189 Å². The molecule has 2 rings (SSSR count). The zero-order chi connectivity index (χ0) is 43.8. The molecule has 0 aromatic carbocycles. The Hall–Kier alpha value is -1.15. The van der Waals surface area contributed by atoms with Crippen LogP contribution in [-0.2, 0) is 14.3 Å². The van der Waals surface area contributed by atoms with E-state index in [1.807, 2.05) is 12.2 Å². The summed E-state index contributed by atoms with van der Waals surface area (Å²) in [5.41, 5.74) is 0. The van der Waals surface area contributed by atoms with Crippen LogP contribution in [0.25, 0.3) is 0 Å². The van der Waals surface area contributed by atoms with Gasteiger partial charge in [-0.05, 0) is 43.9 Å². The average Bonchev–Trinajstić information content (AvgIpc) is 4.01. The minimum Gasteiger partial charge on any atom is -0.394 e. The van der Waals surface area contributed by atoms with Crippen LogP contribution < -0.4 is 5.32 Å². The van der Waals surface area contributed by atoms with Crippen LogP contribution in [0.1, 0.15) is 213 Å². The summed E-state index contributed by atoms with van der Waals surface area (Å²) in [5, 5.41) is 75.7. The molecule has 2 unspecified atom stereocenters. The van der Waals surface area contributed by atoms with Crippen molar-refractivity contribution in [2.45, 2.75) is 268 Å². The van der Waals surface area contributed by atoms with Crippen LogP contribution in [0.2, 0.25) is 0 Å². The number of rotatable bonds is 40. The third-order valence-electron chi connectivity index (χ3n) is 13.0. The number of carbonyl (C=O) groups excluding carboxylic acids is 1. The fraction of sp³-hybridized carbons (Fsp3) is 0.939. The van der Waals surface area contributed by atoms with Crippen molar-refractivity contribution in [2.24, 2.45) is 11.8 Å². The van der Waals surface area contributed by atoms with E-state index in [0.717, 1.165) is 43.9 Å². The summed E-state index contributed by atoms with van der Waals surface area (Å²) in [6.45, 7) is 3.44. The second-order valence-electron chi connectivity index (χ2n) is 18.5. The first-order valence-electron chi connectivity index (χ1n) is 25.1. The van der Waals surface area contributed by atoms with Gasteiger partial charge in [0, 0.05) is 0 Å². The lowest BCUT2D eigenvalue weighted by Crippen LogP contribution is -2.60. The predicted octanol–water partition coefficient (Wildman–Crippen LogP) is 8.31. The van der Waals surface area contributed by atoms with Gasteiger partial charge in [0.15, 0.2) is 6.29 Å². The molecular formula is C49H93NO10. The number of hydrogen-bond donors (Lipinski definition) is 8. The van der Waals surface area contributed by atoms with Crippen molar-refractivity contribution in [3.8, 4) is 0 Å². The Labute approximate surface area is 365 Å². The Morgan fingerprint density at radius 3 is 1.67 bits per heavy atom. The third kappa shape index (κ3) is 24.6. The smallest absolute Gasteiger partial charge is 0.249 e. The van der Waals surface area contributed by atoms with Crippen LogP contribution in [-0.4, -0.2) is 110 Å². The highest BCUT2D eigenvalue weighted by Gasteiger charge is 2.44. The van der Waals surface area contributed by atoms with Crippen molar-refractivity contribution >= 4 is 5.91 Å². The molecule has 1 aliphatic carbocycles. The standard InChI is InChI=1S/C49H93NO10/c1-3-5-7-8-9-10-11-12-13-14-15-16-17-18-19-20-21-22-23-26-30-34-42(53)48(58)50-40(37-59-49-47(57)46(56)45(55)43(36-51)60-49)44(54)41(52)33-29-27-24-25-28-32-39-35-38(39)31-6-4-2/h27,29,38-47,49,51-57H,3-26,28,30-37H2,1-2H3,(H,50,58)/b29-27+/t38?,39?,40-,41+,42+,43+,44-,45+,46-,47+,49+/m0/s1. The molecule has 354 valence electrons. The van der Waals surface area contributed by atoms with Crippen molar-refractivity contribution in [3.05, 3.63) is 12.2 Å². The highest BCUT2D eigenvalue weighted by molar-refractivity contribution is 5.80. The van der Waals surface area contributed by atoms with Gasteiger partial charge in [0.05, 0.1) is 25.4 Å². The highest BCUT2D eigenvalue weighted by atomic mass is 16.7. The fourth-order valence-electron chi connectivity index (χ4n) is 8.72. The van der Waals surface area contributed by atoms with Crippen molar-refractivity contribution < 1.29 is 50.0 Å². The molecule has 2 aliphatic rings. The molecule has 1 amide bonds. The summed E-state index contributed by atoms with van der Waals surface area (Å²) in [5.74, 6) is 1.10. The number of carbonyl (C=O) groups is 1. The Morgan fingerprint density at radius 1 is 0.650 bits per heavy atom. The molecule has 2 fully saturated rings. The molecule has 60 heavy (non-hydrogen) atoms. The Bertz CT molecular complexity index is 1050. The van der Waals surface area contributed by atoms with Gasteiger partial charge in [0.2, 0.25) is 5.91 Å². The molecular weight excluding hydrogens is 763 g/mol. The van der Waals surface area contributed by atoms with E-state index in [9.17, 15) is 40.5 Å². The first-order chi connectivity index (χ1) is 29.1. The average molecular weight is 856 g/mol. The quantitative estimate of drug-likeness (QED) is 0.0220. The van der Waals surface area contributed by atoms with Gasteiger partial charge in [0.1, 0.15) is 36.6 Å². The number of allylic oxidation sites excluding steroid dienone is 1. The second-order valence-corrected chi connectivity index (χ2v) is 18.5. The Balaban J connectivity index is 1.64. The summed E-state index contributed by atoms with van der Waals surface area (Å²) >= 11 is 0. The van der Waals surface area contributed by atoms with Crippen LogP contribution >= 0.6 is 0 Å². The van der Waals surface area contributed by atoms with Gasteiger partial charge < -0.3 is 50.5 Å². The van der Waals surface area contributed by atoms with E-state index < -0.39 is 74.2 Å². The van der Waals surface area contributed by atoms with E-state index in [2.05, 4.69) is 19.2 Å². The van der Waals surface area contributed by atoms with E-state index in [1.165, 1.54) is 148 Å². The number of ether oxygens (including phenoxy) is 2. The SMILES string of the molecule is CCCCCCCCCCCCCCCCCCCCCCC[C@@H](O)C(=O)N[C@@H](CO[C@@H]1O[C@H](CO)[C@@H](O)[C@H](O)[C@H]1O)[C@H](O)[C@H](O)C/C=C/CCCCC1CC1CCCC. The summed E-state index contributed by atoms with van der Waals surface area (Å²) in [7, 11) is 0. The monoisotopic (exact) mass is 856 g/mol. The molecule has 11 nitrogen and oxygen atoms in total. The molecule has 1 aliphatic heterocycles. The van der Waals surface area contributed by atoms with Gasteiger partial charge in [0.25, 0.3) is 0 Å². The fourth-order valence-corrected chi connectivity index (χ4v) is 8.72.